The van der Waals surface area contributed by atoms with Gasteiger partial charge in [0, 0.05) is 10.7 Å². The van der Waals surface area contributed by atoms with Gasteiger partial charge in [-0.15, -0.1) is 10.2 Å². The number of aromatic nitrogens is 3. The van der Waals surface area contributed by atoms with E-state index in [9.17, 15) is 0 Å². The van der Waals surface area contributed by atoms with Gasteiger partial charge in [0.2, 0.25) is 0 Å². The van der Waals surface area contributed by atoms with E-state index in [1.807, 2.05) is 47.0 Å². The highest BCUT2D eigenvalue weighted by molar-refractivity contribution is 9.10. The smallest absolute Gasteiger partial charge is 0.175 e. The fourth-order valence-corrected chi connectivity index (χ4v) is 2.16. The van der Waals surface area contributed by atoms with Crippen LogP contribution in [0.2, 0.25) is 0 Å². The SMILES string of the molecule is COc1ccc(OCc2nnc3cc(Br)ccn23)cc1. The van der Waals surface area contributed by atoms with Crippen molar-refractivity contribution in [2.24, 2.45) is 0 Å². The zero-order valence-corrected chi connectivity index (χ0v) is 12.4. The van der Waals surface area contributed by atoms with Crippen LogP contribution in [0.4, 0.5) is 0 Å². The molecule has 0 saturated heterocycles. The molecule has 0 unspecified atom stereocenters. The lowest BCUT2D eigenvalue weighted by atomic mass is 10.3. The van der Waals surface area contributed by atoms with Gasteiger partial charge in [-0.3, -0.25) is 4.40 Å². The summed E-state index contributed by atoms with van der Waals surface area (Å²) in [4.78, 5) is 0. The maximum absolute atomic E-state index is 5.70. The maximum atomic E-state index is 5.70. The summed E-state index contributed by atoms with van der Waals surface area (Å²) in [6, 6.07) is 11.3. The van der Waals surface area contributed by atoms with E-state index in [0.717, 1.165) is 27.4 Å². The van der Waals surface area contributed by atoms with E-state index in [0.29, 0.717) is 6.61 Å². The van der Waals surface area contributed by atoms with Crippen LogP contribution < -0.4 is 9.47 Å². The molecule has 0 aliphatic carbocycles. The Balaban J connectivity index is 1.76. The molecule has 2 heterocycles. The lowest BCUT2D eigenvalue weighted by molar-refractivity contribution is 0.294. The van der Waals surface area contributed by atoms with Crippen LogP contribution in [0.1, 0.15) is 5.82 Å². The van der Waals surface area contributed by atoms with Crippen LogP contribution in [0.15, 0.2) is 47.1 Å². The second-order valence-electron chi connectivity index (χ2n) is 4.15. The van der Waals surface area contributed by atoms with Crippen LogP contribution in [0, 0.1) is 0 Å². The average Bonchev–Trinajstić information content (AvgIpc) is 2.88. The van der Waals surface area contributed by atoms with Gasteiger partial charge in [-0.1, -0.05) is 15.9 Å². The lowest BCUT2D eigenvalue weighted by Gasteiger charge is -2.06. The third-order valence-electron chi connectivity index (χ3n) is 2.87. The molecule has 0 N–H and O–H groups in total. The highest BCUT2D eigenvalue weighted by Crippen LogP contribution is 2.18. The van der Waals surface area contributed by atoms with Gasteiger partial charge in [0.1, 0.15) is 18.1 Å². The summed E-state index contributed by atoms with van der Waals surface area (Å²) in [7, 11) is 1.64. The molecule has 2 aromatic heterocycles. The standard InChI is InChI=1S/C14H12BrN3O2/c1-19-11-2-4-12(5-3-11)20-9-14-17-16-13-8-10(15)6-7-18(13)14/h2-8H,9H2,1H3. The minimum absolute atomic E-state index is 0.356. The summed E-state index contributed by atoms with van der Waals surface area (Å²) in [5.41, 5.74) is 0.785. The van der Waals surface area contributed by atoms with Crippen LogP contribution in [0.25, 0.3) is 5.65 Å². The molecule has 20 heavy (non-hydrogen) atoms. The molecular weight excluding hydrogens is 322 g/mol. The lowest BCUT2D eigenvalue weighted by Crippen LogP contribution is -2.01. The van der Waals surface area contributed by atoms with Crippen molar-refractivity contribution in [3.63, 3.8) is 0 Å². The summed E-state index contributed by atoms with van der Waals surface area (Å²) in [6.07, 6.45) is 1.91. The molecule has 5 nitrogen and oxygen atoms in total. The van der Waals surface area contributed by atoms with Crippen LogP contribution in [-0.4, -0.2) is 21.7 Å². The van der Waals surface area contributed by atoms with E-state index >= 15 is 0 Å². The van der Waals surface area contributed by atoms with E-state index in [1.165, 1.54) is 0 Å². The molecule has 0 spiro atoms. The number of rotatable bonds is 4. The van der Waals surface area contributed by atoms with E-state index in [2.05, 4.69) is 26.1 Å². The Kier molecular flexibility index (Phi) is 3.56. The molecule has 3 rings (SSSR count). The molecule has 3 aromatic rings. The van der Waals surface area contributed by atoms with Crippen molar-refractivity contribution in [3.05, 3.63) is 52.9 Å². The van der Waals surface area contributed by atoms with Crippen molar-refractivity contribution >= 4 is 21.6 Å². The van der Waals surface area contributed by atoms with Crippen molar-refractivity contribution in [1.82, 2.24) is 14.6 Å². The molecule has 0 aliphatic heterocycles. The van der Waals surface area contributed by atoms with Gasteiger partial charge in [0.25, 0.3) is 0 Å². The van der Waals surface area contributed by atoms with Gasteiger partial charge in [0.15, 0.2) is 11.5 Å². The third kappa shape index (κ3) is 2.60. The molecular formula is C14H12BrN3O2. The Morgan fingerprint density at radius 2 is 1.85 bits per heavy atom. The van der Waals surface area contributed by atoms with Crippen LogP contribution in [-0.2, 0) is 6.61 Å². The molecule has 0 aliphatic rings. The Morgan fingerprint density at radius 3 is 2.60 bits per heavy atom. The van der Waals surface area contributed by atoms with Gasteiger partial charge in [-0.25, -0.2) is 0 Å². The molecule has 0 atom stereocenters. The van der Waals surface area contributed by atoms with E-state index in [1.54, 1.807) is 7.11 Å². The second-order valence-corrected chi connectivity index (χ2v) is 5.07. The van der Waals surface area contributed by atoms with Crippen LogP contribution in [0.5, 0.6) is 11.5 Å². The predicted octanol–water partition coefficient (Wildman–Crippen LogP) is 3.08. The van der Waals surface area contributed by atoms with Gasteiger partial charge in [0.05, 0.1) is 7.11 Å². The molecule has 0 amide bonds. The van der Waals surface area contributed by atoms with Crippen molar-refractivity contribution in [3.8, 4) is 11.5 Å². The summed E-state index contributed by atoms with van der Waals surface area (Å²) in [6.45, 7) is 0.356. The van der Waals surface area contributed by atoms with Gasteiger partial charge < -0.3 is 9.47 Å². The summed E-state index contributed by atoms with van der Waals surface area (Å²) < 4.78 is 13.7. The van der Waals surface area contributed by atoms with Crippen molar-refractivity contribution in [1.29, 1.82) is 0 Å². The first-order valence-corrected chi connectivity index (χ1v) is 6.81. The first-order valence-electron chi connectivity index (χ1n) is 6.02. The molecule has 0 bridgehead atoms. The minimum atomic E-state index is 0.356. The fraction of sp³-hybridized carbons (Fsp3) is 0.143. The van der Waals surface area contributed by atoms with Gasteiger partial charge in [-0.05, 0) is 36.4 Å². The number of halogens is 1. The highest BCUT2D eigenvalue weighted by Gasteiger charge is 2.06. The van der Waals surface area contributed by atoms with Crippen LogP contribution >= 0.6 is 15.9 Å². The first kappa shape index (κ1) is 12.9. The number of nitrogens with zero attached hydrogens (tertiary/aromatic N) is 3. The zero-order chi connectivity index (χ0) is 13.9. The summed E-state index contributed by atoms with van der Waals surface area (Å²) in [5, 5.41) is 8.23. The molecule has 1 aromatic carbocycles. The normalized spacial score (nSPS) is 10.7. The summed E-state index contributed by atoms with van der Waals surface area (Å²) in [5.74, 6) is 2.32. The predicted molar refractivity (Wildman–Crippen MR) is 78.0 cm³/mol. The number of fused-ring (bicyclic) bond motifs is 1. The number of methoxy groups -OCH3 is 1. The molecule has 0 saturated carbocycles. The number of benzene rings is 1. The quantitative estimate of drug-likeness (QED) is 0.736. The number of hydrogen-bond acceptors (Lipinski definition) is 4. The van der Waals surface area contributed by atoms with E-state index in [-0.39, 0.29) is 0 Å². The Labute approximate surface area is 124 Å². The maximum Gasteiger partial charge on any atom is 0.175 e. The van der Waals surface area contributed by atoms with Gasteiger partial charge >= 0.3 is 0 Å². The number of hydrogen-bond donors (Lipinski definition) is 0. The number of pyridine rings is 1. The Morgan fingerprint density at radius 1 is 1.10 bits per heavy atom. The van der Waals surface area contributed by atoms with E-state index in [4.69, 9.17) is 9.47 Å². The van der Waals surface area contributed by atoms with Crippen molar-refractivity contribution < 1.29 is 9.47 Å². The summed E-state index contributed by atoms with van der Waals surface area (Å²) >= 11 is 3.41. The van der Waals surface area contributed by atoms with Crippen molar-refractivity contribution in [2.45, 2.75) is 6.61 Å². The molecule has 0 fully saturated rings. The van der Waals surface area contributed by atoms with Crippen LogP contribution in [0.3, 0.4) is 0 Å². The largest absolute Gasteiger partial charge is 0.497 e. The zero-order valence-electron chi connectivity index (χ0n) is 10.8. The molecule has 102 valence electrons. The highest BCUT2D eigenvalue weighted by atomic mass is 79.9. The minimum Gasteiger partial charge on any atom is -0.497 e. The fourth-order valence-electron chi connectivity index (χ4n) is 1.83. The van der Waals surface area contributed by atoms with Gasteiger partial charge in [-0.2, -0.15) is 0 Å². The average molecular weight is 334 g/mol. The number of ether oxygens (including phenoxy) is 2. The molecule has 6 heteroatoms. The van der Waals surface area contributed by atoms with E-state index < -0.39 is 0 Å². The topological polar surface area (TPSA) is 48.7 Å². The first-order chi connectivity index (χ1) is 9.76. The Bertz CT molecular complexity index is 725. The monoisotopic (exact) mass is 333 g/mol. The third-order valence-corrected chi connectivity index (χ3v) is 3.36. The van der Waals surface area contributed by atoms with Crippen molar-refractivity contribution in [2.75, 3.05) is 7.11 Å². The Hall–Kier alpha value is -2.08. The second kappa shape index (κ2) is 5.50. The molecule has 0 radical (unpaired) electrons.